The molecule has 0 spiro atoms. The molecule has 0 radical (unpaired) electrons. The highest BCUT2D eigenvalue weighted by Gasteiger charge is 2.05. The van der Waals surface area contributed by atoms with Crippen LogP contribution in [-0.2, 0) is 9.53 Å². The van der Waals surface area contributed by atoms with Crippen molar-refractivity contribution in [1.29, 1.82) is 0 Å². The van der Waals surface area contributed by atoms with Crippen molar-refractivity contribution in [3.63, 3.8) is 0 Å². The second-order valence-corrected chi connectivity index (χ2v) is 4.31. The van der Waals surface area contributed by atoms with E-state index in [-0.39, 0.29) is 11.8 Å². The van der Waals surface area contributed by atoms with Crippen LogP contribution in [-0.4, -0.2) is 12.6 Å². The number of hydrogen-bond donors (Lipinski definition) is 0. The van der Waals surface area contributed by atoms with Crippen LogP contribution in [0.5, 0.6) is 0 Å². The third-order valence-corrected chi connectivity index (χ3v) is 2.62. The predicted octanol–water partition coefficient (Wildman–Crippen LogP) is 4.44. The van der Waals surface area contributed by atoms with Gasteiger partial charge in [0.1, 0.15) is 5.82 Å². The largest absolute Gasteiger partial charge is 0.466 e. The second-order valence-electron chi connectivity index (χ2n) is 4.31. The lowest BCUT2D eigenvalue weighted by Gasteiger charge is -2.07. The quantitative estimate of drug-likeness (QED) is 0.756. The first-order valence-corrected chi connectivity index (χ1v) is 6.41. The number of ether oxygens (including phenoxy) is 1. The minimum absolute atomic E-state index is 0.104. The molecule has 0 amide bonds. The number of carbonyl (C=O) groups excluding carboxylic acids is 1. The average molecular weight is 266 g/mol. The molecule has 1 rings (SSSR count). The molecule has 19 heavy (non-hydrogen) atoms. The molecule has 0 fully saturated rings. The van der Waals surface area contributed by atoms with Crippen LogP contribution < -0.4 is 0 Å². The maximum atomic E-state index is 13.2. The van der Waals surface area contributed by atoms with Gasteiger partial charge in [0.15, 0.2) is 0 Å². The fraction of sp³-hybridized carbons (Fsp3) is 0.438. The lowest BCUT2D eigenvalue weighted by atomic mass is 10.00. The first-order chi connectivity index (χ1) is 8.83. The third kappa shape index (κ3) is 6.18. The Morgan fingerprint density at radius 3 is 2.00 bits per heavy atom. The van der Waals surface area contributed by atoms with Gasteiger partial charge in [-0.1, -0.05) is 13.5 Å². The summed E-state index contributed by atoms with van der Waals surface area (Å²) in [4.78, 5) is 9.82. The predicted molar refractivity (Wildman–Crippen MR) is 77.5 cm³/mol. The van der Waals surface area contributed by atoms with Gasteiger partial charge in [0.2, 0.25) is 0 Å². The highest BCUT2D eigenvalue weighted by atomic mass is 19.1. The molecule has 0 atom stereocenters. The van der Waals surface area contributed by atoms with Crippen LogP contribution in [0.15, 0.2) is 18.7 Å². The Morgan fingerprint density at radius 2 is 1.74 bits per heavy atom. The molecule has 0 saturated heterocycles. The summed E-state index contributed by atoms with van der Waals surface area (Å²) in [5.74, 6) is -0.315. The Bertz CT molecular complexity index is 427. The SMILES string of the molecule is C=C(CC)c1cc(C)c(F)c(C)c1.CCOC(C)=O. The van der Waals surface area contributed by atoms with Crippen LogP contribution in [0.1, 0.15) is 43.9 Å². The van der Waals surface area contributed by atoms with Crippen molar-refractivity contribution >= 4 is 11.5 Å². The van der Waals surface area contributed by atoms with Gasteiger partial charge in [0.25, 0.3) is 0 Å². The molecule has 0 heterocycles. The number of esters is 1. The van der Waals surface area contributed by atoms with Gasteiger partial charge in [-0.05, 0) is 61.6 Å². The summed E-state index contributed by atoms with van der Waals surface area (Å²) in [5, 5.41) is 0. The summed E-state index contributed by atoms with van der Waals surface area (Å²) in [7, 11) is 0. The molecule has 2 nitrogen and oxygen atoms in total. The molecular weight excluding hydrogens is 243 g/mol. The van der Waals surface area contributed by atoms with Crippen molar-refractivity contribution in [1.82, 2.24) is 0 Å². The second kappa shape index (κ2) is 8.46. The molecule has 0 aliphatic rings. The summed E-state index contributed by atoms with van der Waals surface area (Å²) in [6.07, 6.45) is 0.907. The molecule has 3 heteroatoms. The molecule has 1 aromatic rings. The van der Waals surface area contributed by atoms with Crippen LogP contribution in [0.3, 0.4) is 0 Å². The zero-order valence-corrected chi connectivity index (χ0v) is 12.5. The van der Waals surface area contributed by atoms with Crippen molar-refractivity contribution in [2.45, 2.75) is 41.0 Å². The number of allylic oxidation sites excluding steroid dienone is 1. The Balaban J connectivity index is 0.000000459. The Labute approximate surface area is 115 Å². The summed E-state index contributed by atoms with van der Waals surface area (Å²) < 4.78 is 17.7. The van der Waals surface area contributed by atoms with E-state index in [1.807, 2.05) is 12.1 Å². The van der Waals surface area contributed by atoms with Gasteiger partial charge in [0.05, 0.1) is 6.61 Å². The number of benzene rings is 1. The van der Waals surface area contributed by atoms with Gasteiger partial charge in [-0.3, -0.25) is 4.79 Å². The summed E-state index contributed by atoms with van der Waals surface area (Å²) in [6.45, 7) is 13.2. The van der Waals surface area contributed by atoms with Crippen LogP contribution in [0, 0.1) is 19.7 Å². The van der Waals surface area contributed by atoms with Crippen molar-refractivity contribution in [3.05, 3.63) is 41.2 Å². The molecule has 106 valence electrons. The first-order valence-electron chi connectivity index (χ1n) is 6.41. The zero-order valence-electron chi connectivity index (χ0n) is 12.5. The minimum atomic E-state index is -0.211. The van der Waals surface area contributed by atoms with Crippen molar-refractivity contribution in [3.8, 4) is 0 Å². The number of hydrogen-bond acceptors (Lipinski definition) is 2. The summed E-state index contributed by atoms with van der Waals surface area (Å²) in [6, 6.07) is 3.71. The summed E-state index contributed by atoms with van der Waals surface area (Å²) in [5.41, 5.74) is 3.51. The molecule has 0 N–H and O–H groups in total. The monoisotopic (exact) mass is 266 g/mol. The first kappa shape index (κ1) is 17.4. The topological polar surface area (TPSA) is 26.3 Å². The maximum Gasteiger partial charge on any atom is 0.302 e. The van der Waals surface area contributed by atoms with E-state index in [9.17, 15) is 9.18 Å². The van der Waals surface area contributed by atoms with E-state index in [0.29, 0.717) is 17.7 Å². The van der Waals surface area contributed by atoms with Gasteiger partial charge < -0.3 is 4.74 Å². The van der Waals surface area contributed by atoms with Gasteiger partial charge in [-0.25, -0.2) is 4.39 Å². The van der Waals surface area contributed by atoms with Crippen LogP contribution in [0.4, 0.5) is 4.39 Å². The van der Waals surface area contributed by atoms with Gasteiger partial charge >= 0.3 is 5.97 Å². The smallest absolute Gasteiger partial charge is 0.302 e. The van der Waals surface area contributed by atoms with E-state index >= 15 is 0 Å². The van der Waals surface area contributed by atoms with Gasteiger partial charge in [0, 0.05) is 6.92 Å². The fourth-order valence-corrected chi connectivity index (χ4v) is 1.56. The van der Waals surface area contributed by atoms with Crippen molar-refractivity contribution in [2.75, 3.05) is 6.61 Å². The number of aryl methyl sites for hydroxylation is 2. The van der Waals surface area contributed by atoms with E-state index in [1.54, 1.807) is 20.8 Å². The lowest BCUT2D eigenvalue weighted by Crippen LogP contribution is -1.95. The van der Waals surface area contributed by atoms with Gasteiger partial charge in [-0.15, -0.1) is 0 Å². The number of halogens is 1. The molecule has 0 bridgehead atoms. The van der Waals surface area contributed by atoms with Crippen molar-refractivity contribution in [2.24, 2.45) is 0 Å². The van der Waals surface area contributed by atoms with Crippen LogP contribution >= 0.6 is 0 Å². The highest BCUT2D eigenvalue weighted by Crippen LogP contribution is 2.21. The lowest BCUT2D eigenvalue weighted by molar-refractivity contribution is -0.140. The summed E-state index contributed by atoms with van der Waals surface area (Å²) >= 11 is 0. The Hall–Kier alpha value is -1.64. The minimum Gasteiger partial charge on any atom is -0.466 e. The molecule has 0 saturated carbocycles. The van der Waals surface area contributed by atoms with E-state index in [0.717, 1.165) is 17.6 Å². The molecule has 0 aliphatic carbocycles. The van der Waals surface area contributed by atoms with Crippen LogP contribution in [0.2, 0.25) is 0 Å². The van der Waals surface area contributed by atoms with E-state index in [1.165, 1.54) is 6.92 Å². The Morgan fingerprint density at radius 1 is 1.26 bits per heavy atom. The standard InChI is InChI=1S/C12H15F.C4H8O2/c1-5-8(2)11-6-9(3)12(13)10(4)7-11;1-3-6-4(2)5/h6-7H,2,5H2,1,3-4H3;3H2,1-2H3. The van der Waals surface area contributed by atoms with Gasteiger partial charge in [-0.2, -0.15) is 0 Å². The maximum absolute atomic E-state index is 13.2. The molecule has 0 unspecified atom stereocenters. The molecular formula is C16H23FO2. The number of carbonyl (C=O) groups is 1. The third-order valence-electron chi connectivity index (χ3n) is 2.62. The van der Waals surface area contributed by atoms with Crippen molar-refractivity contribution < 1.29 is 13.9 Å². The van der Waals surface area contributed by atoms with E-state index in [2.05, 4.69) is 18.2 Å². The molecule has 1 aromatic carbocycles. The fourth-order valence-electron chi connectivity index (χ4n) is 1.56. The van der Waals surface area contributed by atoms with E-state index < -0.39 is 0 Å². The Kier molecular flexibility index (Phi) is 7.73. The average Bonchev–Trinajstić information content (AvgIpc) is 2.35. The molecule has 0 aliphatic heterocycles. The molecule has 0 aromatic heterocycles. The normalized spacial score (nSPS) is 9.37. The highest BCUT2D eigenvalue weighted by molar-refractivity contribution is 5.65. The number of rotatable bonds is 3. The van der Waals surface area contributed by atoms with E-state index in [4.69, 9.17) is 0 Å². The van der Waals surface area contributed by atoms with Crippen LogP contribution in [0.25, 0.3) is 5.57 Å². The zero-order chi connectivity index (χ0) is 15.0.